The van der Waals surface area contributed by atoms with Crippen molar-refractivity contribution < 1.29 is 9.15 Å². The smallest absolute Gasteiger partial charge is 0.217 e. The fourth-order valence-corrected chi connectivity index (χ4v) is 4.14. The highest BCUT2D eigenvalue weighted by atomic mass is 79.9. The Hall–Kier alpha value is -2.42. The van der Waals surface area contributed by atoms with Gasteiger partial charge in [-0.1, -0.05) is 27.5 Å². The molecule has 134 valence electrons. The van der Waals surface area contributed by atoms with Crippen LogP contribution in [0.1, 0.15) is 5.76 Å². The highest BCUT2D eigenvalue weighted by molar-refractivity contribution is 9.10. The van der Waals surface area contributed by atoms with Crippen molar-refractivity contribution in [1.82, 2.24) is 19.6 Å². The third-order valence-electron chi connectivity index (χ3n) is 3.95. The molecule has 0 atom stereocenters. The van der Waals surface area contributed by atoms with Crippen LogP contribution in [0.3, 0.4) is 0 Å². The molecule has 0 radical (unpaired) electrons. The summed E-state index contributed by atoms with van der Waals surface area (Å²) in [5.41, 5.74) is 0.757. The number of aromatic nitrogens is 4. The van der Waals surface area contributed by atoms with Crippen molar-refractivity contribution in [1.29, 1.82) is 0 Å². The van der Waals surface area contributed by atoms with Gasteiger partial charge in [-0.2, -0.15) is 0 Å². The molecule has 0 aliphatic carbocycles. The molecule has 0 N–H and O–H groups in total. The summed E-state index contributed by atoms with van der Waals surface area (Å²) in [6, 6.07) is 11.1. The summed E-state index contributed by atoms with van der Waals surface area (Å²) in [5, 5.41) is 7.95. The van der Waals surface area contributed by atoms with Gasteiger partial charge in [-0.25, -0.2) is 14.5 Å². The molecule has 27 heavy (non-hydrogen) atoms. The maximum atomic E-state index is 6.17. The van der Waals surface area contributed by atoms with E-state index in [4.69, 9.17) is 20.8 Å². The van der Waals surface area contributed by atoms with Crippen molar-refractivity contribution in [2.75, 3.05) is 0 Å². The first-order chi connectivity index (χ1) is 13.2. The van der Waals surface area contributed by atoms with E-state index in [2.05, 4.69) is 31.0 Å². The van der Waals surface area contributed by atoms with Crippen molar-refractivity contribution >= 4 is 54.7 Å². The van der Waals surface area contributed by atoms with Crippen molar-refractivity contribution in [2.24, 2.45) is 0 Å². The monoisotopic (exact) mass is 460 g/mol. The van der Waals surface area contributed by atoms with Crippen molar-refractivity contribution in [3.8, 4) is 17.3 Å². The predicted molar refractivity (Wildman–Crippen MR) is 107 cm³/mol. The van der Waals surface area contributed by atoms with Crippen LogP contribution in [0.5, 0.6) is 5.75 Å². The van der Waals surface area contributed by atoms with Gasteiger partial charge in [0.05, 0.1) is 10.4 Å². The minimum Gasteiger partial charge on any atom is -0.484 e. The molecule has 1 aromatic carbocycles. The summed E-state index contributed by atoms with van der Waals surface area (Å²) < 4.78 is 14.1. The van der Waals surface area contributed by atoms with Crippen molar-refractivity contribution in [3.63, 3.8) is 0 Å². The topological polar surface area (TPSA) is 65.5 Å². The molecule has 9 heteroatoms. The maximum Gasteiger partial charge on any atom is 0.217 e. The Labute approximate surface area is 170 Å². The number of furan rings is 1. The Morgan fingerprint density at radius 1 is 1.22 bits per heavy atom. The summed E-state index contributed by atoms with van der Waals surface area (Å²) in [4.78, 5) is 9.90. The lowest BCUT2D eigenvalue weighted by Crippen LogP contribution is -1.94. The first-order valence-corrected chi connectivity index (χ1v) is 9.98. The molecule has 0 aliphatic rings. The molecule has 0 saturated heterocycles. The Kier molecular flexibility index (Phi) is 4.11. The molecule has 4 aromatic heterocycles. The molecule has 0 bridgehead atoms. The number of rotatable bonds is 4. The second-order valence-corrected chi connectivity index (χ2v) is 7.93. The van der Waals surface area contributed by atoms with Crippen LogP contribution in [0, 0.1) is 0 Å². The zero-order valence-corrected chi connectivity index (χ0v) is 16.8. The fraction of sp³-hybridized carbons (Fsp3) is 0.0556. The summed E-state index contributed by atoms with van der Waals surface area (Å²) in [6.07, 6.45) is 1.66. The lowest BCUT2D eigenvalue weighted by molar-refractivity contribution is 0.272. The van der Waals surface area contributed by atoms with Gasteiger partial charge in [0, 0.05) is 4.47 Å². The molecule has 4 heterocycles. The second-order valence-electron chi connectivity index (χ2n) is 5.72. The van der Waals surface area contributed by atoms with E-state index in [0.29, 0.717) is 28.1 Å². The van der Waals surface area contributed by atoms with E-state index in [-0.39, 0.29) is 6.61 Å². The third kappa shape index (κ3) is 3.09. The van der Waals surface area contributed by atoms with Crippen LogP contribution in [0.25, 0.3) is 27.4 Å². The minimum absolute atomic E-state index is 0.255. The molecule has 0 saturated carbocycles. The van der Waals surface area contributed by atoms with Gasteiger partial charge in [0.2, 0.25) is 5.82 Å². The first kappa shape index (κ1) is 16.7. The summed E-state index contributed by atoms with van der Waals surface area (Å²) in [5.74, 6) is 2.32. The van der Waals surface area contributed by atoms with Crippen LogP contribution in [0.2, 0.25) is 5.02 Å². The Balaban J connectivity index is 1.40. The Morgan fingerprint density at radius 2 is 2.15 bits per heavy atom. The van der Waals surface area contributed by atoms with E-state index in [1.807, 2.05) is 29.6 Å². The molecule has 5 rings (SSSR count). The SMILES string of the molecule is Clc1cc(Br)ccc1OCc1ccc(-c2nc3c4ccsc4ncn3n2)o1. The van der Waals surface area contributed by atoms with Crippen LogP contribution >= 0.6 is 38.9 Å². The molecule has 0 spiro atoms. The zero-order valence-electron chi connectivity index (χ0n) is 13.6. The predicted octanol–water partition coefficient (Wildman–Crippen LogP) is 5.59. The normalized spacial score (nSPS) is 11.5. The van der Waals surface area contributed by atoms with Crippen LogP contribution in [0.4, 0.5) is 0 Å². The molecular formula is C18H10BrClN4O2S. The van der Waals surface area contributed by atoms with Gasteiger partial charge >= 0.3 is 0 Å². The van der Waals surface area contributed by atoms with Gasteiger partial charge in [0.1, 0.15) is 29.3 Å². The number of thiophene rings is 1. The van der Waals surface area contributed by atoms with Gasteiger partial charge < -0.3 is 9.15 Å². The second kappa shape index (κ2) is 6.63. The highest BCUT2D eigenvalue weighted by Gasteiger charge is 2.14. The van der Waals surface area contributed by atoms with Gasteiger partial charge in [0.25, 0.3) is 0 Å². The number of ether oxygens (including phenoxy) is 1. The fourth-order valence-electron chi connectivity index (χ4n) is 2.69. The van der Waals surface area contributed by atoms with E-state index in [1.165, 1.54) is 0 Å². The number of nitrogens with zero attached hydrogens (tertiary/aromatic N) is 4. The minimum atomic E-state index is 0.255. The molecule has 0 fully saturated rings. The lowest BCUT2D eigenvalue weighted by Gasteiger charge is -2.06. The zero-order chi connectivity index (χ0) is 18.4. The number of fused-ring (bicyclic) bond motifs is 3. The Bertz CT molecular complexity index is 1280. The molecular weight excluding hydrogens is 452 g/mol. The molecule has 0 unspecified atom stereocenters. The standard InChI is InChI=1S/C18H10BrClN4O2S/c19-10-1-3-14(13(20)7-10)25-8-11-2-4-15(26-11)16-22-17-12-5-6-27-18(12)21-9-24(17)23-16/h1-7,9H,8H2. The number of hydrogen-bond donors (Lipinski definition) is 0. The molecule has 5 aromatic rings. The highest BCUT2D eigenvalue weighted by Crippen LogP contribution is 2.29. The van der Waals surface area contributed by atoms with Crippen molar-refractivity contribution in [2.45, 2.75) is 6.61 Å². The average molecular weight is 462 g/mol. The van der Waals surface area contributed by atoms with Gasteiger partial charge in [0.15, 0.2) is 11.4 Å². The van der Waals surface area contributed by atoms with Crippen LogP contribution < -0.4 is 4.74 Å². The molecule has 0 amide bonds. The number of hydrogen-bond acceptors (Lipinski definition) is 6. The molecule has 0 aliphatic heterocycles. The summed E-state index contributed by atoms with van der Waals surface area (Å²) in [7, 11) is 0. The van der Waals surface area contributed by atoms with Crippen LogP contribution in [0.15, 0.2) is 57.0 Å². The van der Waals surface area contributed by atoms with Gasteiger partial charge in [-0.15, -0.1) is 16.4 Å². The number of benzene rings is 1. The average Bonchev–Trinajstić information content (AvgIpc) is 3.38. The lowest BCUT2D eigenvalue weighted by atomic mass is 10.3. The van der Waals surface area contributed by atoms with E-state index in [9.17, 15) is 0 Å². The largest absolute Gasteiger partial charge is 0.484 e. The van der Waals surface area contributed by atoms with E-state index in [0.717, 1.165) is 20.3 Å². The number of halogens is 2. The summed E-state index contributed by atoms with van der Waals surface area (Å²) in [6.45, 7) is 0.255. The first-order valence-electron chi connectivity index (χ1n) is 7.93. The summed E-state index contributed by atoms with van der Waals surface area (Å²) >= 11 is 11.1. The van der Waals surface area contributed by atoms with Crippen LogP contribution in [-0.4, -0.2) is 19.6 Å². The van der Waals surface area contributed by atoms with E-state index in [1.54, 1.807) is 34.3 Å². The van der Waals surface area contributed by atoms with Gasteiger partial charge in [-0.3, -0.25) is 0 Å². The van der Waals surface area contributed by atoms with Crippen molar-refractivity contribution in [3.05, 3.63) is 63.4 Å². The Morgan fingerprint density at radius 3 is 3.04 bits per heavy atom. The maximum absolute atomic E-state index is 6.17. The van der Waals surface area contributed by atoms with E-state index < -0.39 is 0 Å². The van der Waals surface area contributed by atoms with Gasteiger partial charge in [-0.05, 0) is 41.8 Å². The quantitative estimate of drug-likeness (QED) is 0.349. The van der Waals surface area contributed by atoms with E-state index >= 15 is 0 Å². The van der Waals surface area contributed by atoms with Crippen LogP contribution in [-0.2, 0) is 6.61 Å². The molecule has 6 nitrogen and oxygen atoms in total. The third-order valence-corrected chi connectivity index (χ3v) is 5.56.